The molecule has 0 atom stereocenters. The van der Waals surface area contributed by atoms with Crippen LogP contribution in [0.2, 0.25) is 0 Å². The van der Waals surface area contributed by atoms with E-state index >= 15 is 0 Å². The van der Waals surface area contributed by atoms with Crippen molar-refractivity contribution in [2.24, 2.45) is 0 Å². The molecule has 2 heterocycles. The van der Waals surface area contributed by atoms with Gasteiger partial charge in [-0.05, 0) is 36.4 Å². The molecule has 23 heavy (non-hydrogen) atoms. The third kappa shape index (κ3) is 3.10. The van der Waals surface area contributed by atoms with Gasteiger partial charge in [-0.1, -0.05) is 0 Å². The van der Waals surface area contributed by atoms with Crippen LogP contribution >= 0.6 is 0 Å². The Kier molecular flexibility index (Phi) is 4.12. The molecule has 0 radical (unpaired) electrons. The zero-order valence-corrected chi connectivity index (χ0v) is 13.6. The van der Waals surface area contributed by atoms with E-state index in [1.165, 1.54) is 7.11 Å². The van der Waals surface area contributed by atoms with Crippen LogP contribution in [-0.2, 0) is 21.2 Å². The molecule has 1 amide bonds. The van der Waals surface area contributed by atoms with Crippen molar-refractivity contribution in [1.82, 2.24) is 9.47 Å². The highest BCUT2D eigenvalue weighted by atomic mass is 32.2. The maximum absolute atomic E-state index is 12.5. The molecule has 7 heteroatoms. The Morgan fingerprint density at radius 3 is 2.35 bits per heavy atom. The Labute approximate surface area is 135 Å². The van der Waals surface area contributed by atoms with E-state index in [-0.39, 0.29) is 30.4 Å². The number of carbonyl (C=O) groups is 1. The first-order chi connectivity index (χ1) is 11.0. The number of carbonyl (C=O) groups excluding carboxylic acids is 1. The number of nitrogens with zero attached hydrogens (tertiary/aromatic N) is 2. The topological polar surface area (TPSA) is 68.6 Å². The van der Waals surface area contributed by atoms with E-state index in [9.17, 15) is 13.2 Å². The van der Waals surface area contributed by atoms with E-state index in [4.69, 9.17) is 4.74 Å². The average Bonchev–Trinajstić information content (AvgIpc) is 2.98. The van der Waals surface area contributed by atoms with Crippen LogP contribution in [0.1, 0.15) is 0 Å². The van der Waals surface area contributed by atoms with Crippen LogP contribution in [0.4, 0.5) is 0 Å². The summed E-state index contributed by atoms with van der Waals surface area (Å²) in [4.78, 5) is 13.9. The van der Waals surface area contributed by atoms with Gasteiger partial charge < -0.3 is 14.2 Å². The normalized spacial score (nSPS) is 15.3. The number of benzene rings is 1. The Balaban J connectivity index is 1.62. The van der Waals surface area contributed by atoms with Gasteiger partial charge in [0, 0.05) is 25.5 Å². The van der Waals surface area contributed by atoms with Crippen LogP contribution in [-0.4, -0.2) is 49.2 Å². The van der Waals surface area contributed by atoms with Crippen molar-refractivity contribution in [2.45, 2.75) is 16.7 Å². The Morgan fingerprint density at radius 2 is 1.78 bits per heavy atom. The van der Waals surface area contributed by atoms with Crippen molar-refractivity contribution in [2.75, 3.05) is 20.2 Å². The van der Waals surface area contributed by atoms with Crippen LogP contribution in [0.15, 0.2) is 53.7 Å². The molecule has 3 rings (SSSR count). The number of amides is 1. The summed E-state index contributed by atoms with van der Waals surface area (Å²) in [5.74, 6) is 0.545. The van der Waals surface area contributed by atoms with E-state index in [0.717, 1.165) is 0 Å². The fraction of sp³-hybridized carbons (Fsp3) is 0.312. The molecule has 1 aromatic carbocycles. The van der Waals surface area contributed by atoms with E-state index in [1.54, 1.807) is 33.7 Å². The number of methoxy groups -OCH3 is 1. The number of rotatable bonds is 5. The van der Waals surface area contributed by atoms with Crippen molar-refractivity contribution in [3.8, 4) is 5.75 Å². The van der Waals surface area contributed by atoms with Crippen LogP contribution in [0, 0.1) is 0 Å². The Hall–Kier alpha value is -2.28. The van der Waals surface area contributed by atoms with Gasteiger partial charge in [-0.25, -0.2) is 8.42 Å². The second kappa shape index (κ2) is 6.08. The van der Waals surface area contributed by atoms with Gasteiger partial charge in [-0.15, -0.1) is 0 Å². The van der Waals surface area contributed by atoms with Gasteiger partial charge >= 0.3 is 0 Å². The molecule has 0 aliphatic carbocycles. The van der Waals surface area contributed by atoms with Gasteiger partial charge in [-0.3, -0.25) is 4.79 Å². The van der Waals surface area contributed by atoms with Crippen LogP contribution in [0.3, 0.4) is 0 Å². The second-order valence-electron chi connectivity index (χ2n) is 5.50. The van der Waals surface area contributed by atoms with Gasteiger partial charge in [0.05, 0.1) is 12.0 Å². The largest absolute Gasteiger partial charge is 0.497 e. The molecular weight excluding hydrogens is 316 g/mol. The summed E-state index contributed by atoms with van der Waals surface area (Å²) in [6, 6.07) is 10.0. The minimum Gasteiger partial charge on any atom is -0.497 e. The number of hydrogen-bond donors (Lipinski definition) is 0. The summed E-state index contributed by atoms with van der Waals surface area (Å²) >= 11 is 0. The standard InChI is InChI=1S/C16H18N2O4S/c1-22-13-4-6-14(7-5-13)23(20,21)15-10-18(11-15)16(19)12-17-8-2-3-9-17/h2-9,15H,10-12H2,1H3. The lowest BCUT2D eigenvalue weighted by Crippen LogP contribution is -2.57. The van der Waals surface area contributed by atoms with Gasteiger partial charge in [0.1, 0.15) is 17.5 Å². The minimum absolute atomic E-state index is 0.0672. The first-order valence-electron chi connectivity index (χ1n) is 7.27. The number of ether oxygens (including phenoxy) is 1. The number of aromatic nitrogens is 1. The lowest BCUT2D eigenvalue weighted by molar-refractivity contribution is -0.135. The monoisotopic (exact) mass is 334 g/mol. The molecule has 1 fully saturated rings. The summed E-state index contributed by atoms with van der Waals surface area (Å²) in [5.41, 5.74) is 0. The van der Waals surface area contributed by atoms with Gasteiger partial charge in [0.2, 0.25) is 5.91 Å². The SMILES string of the molecule is COc1ccc(S(=O)(=O)C2CN(C(=O)Cn3cccc3)C2)cc1. The van der Waals surface area contributed by atoms with Gasteiger partial charge in [0.15, 0.2) is 9.84 Å². The highest BCUT2D eigenvalue weighted by Crippen LogP contribution is 2.25. The number of hydrogen-bond acceptors (Lipinski definition) is 4. The maximum atomic E-state index is 12.5. The molecule has 0 bridgehead atoms. The Bertz CT molecular complexity index is 776. The average molecular weight is 334 g/mol. The molecule has 6 nitrogen and oxygen atoms in total. The summed E-state index contributed by atoms with van der Waals surface area (Å²) < 4.78 is 31.8. The van der Waals surface area contributed by atoms with Gasteiger partial charge in [-0.2, -0.15) is 0 Å². The molecule has 2 aromatic rings. The van der Waals surface area contributed by atoms with Crippen LogP contribution in [0.5, 0.6) is 5.75 Å². The van der Waals surface area contributed by atoms with Gasteiger partial charge in [0.25, 0.3) is 0 Å². The third-order valence-electron chi connectivity index (χ3n) is 4.01. The zero-order chi connectivity index (χ0) is 16.4. The van der Waals surface area contributed by atoms with Crippen LogP contribution < -0.4 is 4.74 Å². The zero-order valence-electron chi connectivity index (χ0n) is 12.8. The predicted molar refractivity (Wildman–Crippen MR) is 85.0 cm³/mol. The summed E-state index contributed by atoms with van der Waals surface area (Å²) in [5, 5.41) is -0.537. The molecule has 122 valence electrons. The van der Waals surface area contributed by atoms with Crippen molar-refractivity contribution in [3.63, 3.8) is 0 Å². The highest BCUT2D eigenvalue weighted by molar-refractivity contribution is 7.92. The minimum atomic E-state index is -3.41. The lowest BCUT2D eigenvalue weighted by Gasteiger charge is -2.38. The number of likely N-dealkylation sites (tertiary alicyclic amines) is 1. The van der Waals surface area contributed by atoms with Crippen molar-refractivity contribution in [1.29, 1.82) is 0 Å². The van der Waals surface area contributed by atoms with Crippen molar-refractivity contribution in [3.05, 3.63) is 48.8 Å². The molecular formula is C16H18N2O4S. The predicted octanol–water partition coefficient (Wildman–Crippen LogP) is 1.18. The second-order valence-corrected chi connectivity index (χ2v) is 7.72. The molecule has 1 saturated heterocycles. The molecule has 0 N–H and O–H groups in total. The lowest BCUT2D eigenvalue weighted by atomic mass is 10.2. The highest BCUT2D eigenvalue weighted by Gasteiger charge is 2.40. The van der Waals surface area contributed by atoms with Crippen molar-refractivity contribution >= 4 is 15.7 Å². The van der Waals surface area contributed by atoms with Crippen molar-refractivity contribution < 1.29 is 17.9 Å². The number of sulfone groups is 1. The Morgan fingerprint density at radius 1 is 1.17 bits per heavy atom. The molecule has 0 unspecified atom stereocenters. The molecule has 1 aromatic heterocycles. The fourth-order valence-corrected chi connectivity index (χ4v) is 4.18. The molecule has 1 aliphatic heterocycles. The fourth-order valence-electron chi connectivity index (χ4n) is 2.53. The van der Waals surface area contributed by atoms with E-state index in [0.29, 0.717) is 5.75 Å². The van der Waals surface area contributed by atoms with E-state index in [1.807, 2.05) is 24.5 Å². The smallest absolute Gasteiger partial charge is 0.242 e. The quantitative estimate of drug-likeness (QED) is 0.823. The summed E-state index contributed by atoms with van der Waals surface area (Å²) in [6.07, 6.45) is 3.62. The molecule has 0 spiro atoms. The summed E-state index contributed by atoms with van der Waals surface area (Å²) in [6.45, 7) is 0.727. The first kappa shape index (κ1) is 15.6. The van der Waals surface area contributed by atoms with E-state index in [2.05, 4.69) is 0 Å². The van der Waals surface area contributed by atoms with E-state index < -0.39 is 15.1 Å². The van der Waals surface area contributed by atoms with Crippen LogP contribution in [0.25, 0.3) is 0 Å². The molecule has 1 aliphatic rings. The summed E-state index contributed by atoms with van der Waals surface area (Å²) in [7, 11) is -1.88. The third-order valence-corrected chi connectivity index (χ3v) is 6.12. The first-order valence-corrected chi connectivity index (χ1v) is 8.82. The molecule has 0 saturated carbocycles. The maximum Gasteiger partial charge on any atom is 0.242 e.